The highest BCUT2D eigenvalue weighted by atomic mass is 32.2. The Hall–Kier alpha value is -7.37. The zero-order valence-corrected chi connectivity index (χ0v) is 35.0. The maximum absolute atomic E-state index is 2.53. The normalized spacial score (nSPS) is 12.7. The summed E-state index contributed by atoms with van der Waals surface area (Å²) >= 11 is 3.76. The van der Waals surface area contributed by atoms with E-state index in [4.69, 9.17) is 0 Å². The van der Waals surface area contributed by atoms with E-state index in [9.17, 15) is 0 Å². The van der Waals surface area contributed by atoms with Gasteiger partial charge < -0.3 is 9.47 Å². The summed E-state index contributed by atoms with van der Waals surface area (Å²) in [5.41, 5.74) is 12.0. The number of nitrogens with zero attached hydrogens (tertiary/aromatic N) is 2. The molecule has 0 aliphatic carbocycles. The lowest BCUT2D eigenvalue weighted by Crippen LogP contribution is -2.14. The number of fused-ring (bicyclic) bond motifs is 9. The van der Waals surface area contributed by atoms with E-state index in [1.165, 1.54) is 123 Å². The predicted octanol–water partition coefficient (Wildman–Crippen LogP) is 17.3. The second kappa shape index (κ2) is 13.1. The van der Waals surface area contributed by atoms with Crippen molar-refractivity contribution in [2.75, 3.05) is 4.90 Å². The van der Waals surface area contributed by atoms with Crippen LogP contribution in [-0.2, 0) is 0 Å². The molecule has 0 amide bonds. The molecule has 0 saturated carbocycles. The summed E-state index contributed by atoms with van der Waals surface area (Å²) in [5, 5.41) is 13.1. The van der Waals surface area contributed by atoms with Gasteiger partial charge in [0, 0.05) is 57.2 Å². The molecule has 0 fully saturated rings. The average Bonchev–Trinajstić information content (AvgIpc) is 3.88. The lowest BCUT2D eigenvalue weighted by Gasteiger charge is -2.33. The number of benzene rings is 11. The number of para-hydroxylation sites is 2. The van der Waals surface area contributed by atoms with Crippen molar-refractivity contribution in [1.82, 2.24) is 4.57 Å². The number of hydrogen-bond acceptors (Lipinski definition) is 3. The maximum atomic E-state index is 2.53. The van der Waals surface area contributed by atoms with Gasteiger partial charge in [0.25, 0.3) is 0 Å². The second-order valence-corrected chi connectivity index (χ2v) is 18.6. The van der Waals surface area contributed by atoms with Gasteiger partial charge in [-0.3, -0.25) is 0 Å². The molecule has 0 saturated heterocycles. The van der Waals surface area contributed by atoms with Gasteiger partial charge in [-0.2, -0.15) is 0 Å². The molecule has 62 heavy (non-hydrogen) atoms. The third kappa shape index (κ3) is 4.93. The minimum Gasteiger partial charge on any atom is -0.309 e. The first-order valence-corrected chi connectivity index (χ1v) is 22.8. The Morgan fingerprint density at radius 2 is 1.05 bits per heavy atom. The Kier molecular flexibility index (Phi) is 7.24. The van der Waals surface area contributed by atoms with E-state index < -0.39 is 0 Å². The van der Waals surface area contributed by atoms with Gasteiger partial charge in [0.2, 0.25) is 0 Å². The SMILES string of the molecule is c1ccc(-c2cccc(N3c4ccccc4Sc4cc(-c5ccc6c(c5)c5ccccc5n6-c5cc6cccc7ccc8c9c(cc5c8c76)sc5ccccc59)ccc43)c2)cc1. The highest BCUT2D eigenvalue weighted by Gasteiger charge is 2.26. The largest absolute Gasteiger partial charge is 0.309 e. The molecule has 0 N–H and O–H groups in total. The first-order chi connectivity index (χ1) is 30.7. The topological polar surface area (TPSA) is 8.17 Å². The van der Waals surface area contributed by atoms with E-state index in [1.54, 1.807) is 0 Å². The molecule has 288 valence electrons. The van der Waals surface area contributed by atoms with Crippen LogP contribution in [0.1, 0.15) is 0 Å². The molecule has 13 aromatic rings. The first-order valence-electron chi connectivity index (χ1n) is 21.2. The van der Waals surface area contributed by atoms with Gasteiger partial charge >= 0.3 is 0 Å². The number of aromatic nitrogens is 1. The van der Waals surface area contributed by atoms with Crippen LogP contribution in [0.2, 0.25) is 0 Å². The summed E-state index contributed by atoms with van der Waals surface area (Å²) in [5.74, 6) is 0. The standard InChI is InChI=1S/C58H34N2S2/c1-2-12-35(13-3-1)37-15-11-17-41(30-37)59-49-21-7-9-23-53(49)62-54-33-39(26-29-50(54)59)38-25-28-48-45(31-38)42-18-4-6-20-47(42)60(48)51-32-40-16-10-14-36-24-27-44-57-43-19-5-8-22-52(43)61-55(57)34-46(51)58(44)56(36)40/h1-34H. The molecule has 1 aliphatic rings. The molecule has 0 radical (unpaired) electrons. The van der Waals surface area contributed by atoms with Crippen molar-refractivity contribution in [2.24, 2.45) is 0 Å². The molecule has 0 bridgehead atoms. The molecule has 1 aliphatic heterocycles. The lowest BCUT2D eigenvalue weighted by molar-refractivity contribution is 1.17. The van der Waals surface area contributed by atoms with Crippen LogP contribution in [-0.4, -0.2) is 4.57 Å². The van der Waals surface area contributed by atoms with Crippen LogP contribution in [0.5, 0.6) is 0 Å². The van der Waals surface area contributed by atoms with Crippen molar-refractivity contribution >= 4 is 114 Å². The second-order valence-electron chi connectivity index (χ2n) is 16.4. The molecule has 0 spiro atoms. The predicted molar refractivity (Wildman–Crippen MR) is 267 cm³/mol. The van der Waals surface area contributed by atoms with Gasteiger partial charge in [0.05, 0.1) is 28.1 Å². The van der Waals surface area contributed by atoms with Gasteiger partial charge in [0.15, 0.2) is 0 Å². The molecule has 0 unspecified atom stereocenters. The van der Waals surface area contributed by atoms with Crippen LogP contribution < -0.4 is 4.90 Å². The summed E-state index contributed by atoms with van der Waals surface area (Å²) in [6, 6.07) is 76.7. The van der Waals surface area contributed by atoms with Crippen LogP contribution >= 0.6 is 23.1 Å². The van der Waals surface area contributed by atoms with Crippen molar-refractivity contribution in [1.29, 1.82) is 0 Å². The van der Waals surface area contributed by atoms with E-state index >= 15 is 0 Å². The van der Waals surface area contributed by atoms with Crippen LogP contribution in [0.25, 0.3) is 102 Å². The number of hydrogen-bond donors (Lipinski definition) is 0. The zero-order chi connectivity index (χ0) is 40.5. The van der Waals surface area contributed by atoms with E-state index in [-0.39, 0.29) is 0 Å². The van der Waals surface area contributed by atoms with Crippen LogP contribution in [0, 0.1) is 0 Å². The summed E-state index contributed by atoms with van der Waals surface area (Å²) in [7, 11) is 0. The van der Waals surface area contributed by atoms with Crippen molar-refractivity contribution in [3.05, 3.63) is 206 Å². The molecule has 3 heterocycles. The fraction of sp³-hybridized carbons (Fsp3) is 0. The highest BCUT2D eigenvalue weighted by molar-refractivity contribution is 7.99. The lowest BCUT2D eigenvalue weighted by atomic mass is 9.91. The quantitative estimate of drug-likeness (QED) is 0.163. The molecular formula is C58H34N2S2. The molecular weight excluding hydrogens is 789 g/mol. The van der Waals surface area contributed by atoms with Crippen molar-refractivity contribution in [2.45, 2.75) is 9.79 Å². The van der Waals surface area contributed by atoms with Crippen molar-refractivity contribution in [3.8, 4) is 27.9 Å². The monoisotopic (exact) mass is 822 g/mol. The van der Waals surface area contributed by atoms with Gasteiger partial charge in [-0.25, -0.2) is 0 Å². The Morgan fingerprint density at radius 1 is 0.323 bits per heavy atom. The third-order valence-electron chi connectivity index (χ3n) is 13.1. The van der Waals surface area contributed by atoms with Gasteiger partial charge in [-0.1, -0.05) is 145 Å². The van der Waals surface area contributed by atoms with Crippen molar-refractivity contribution in [3.63, 3.8) is 0 Å². The first kappa shape index (κ1) is 34.4. The minimum atomic E-state index is 1.15. The fourth-order valence-corrected chi connectivity index (χ4v) is 12.6. The number of anilines is 3. The molecule has 11 aromatic carbocycles. The fourth-order valence-electron chi connectivity index (χ4n) is 10.4. The molecule has 2 nitrogen and oxygen atoms in total. The van der Waals surface area contributed by atoms with Gasteiger partial charge in [0.1, 0.15) is 0 Å². The summed E-state index contributed by atoms with van der Waals surface area (Å²) < 4.78 is 5.19. The van der Waals surface area contributed by atoms with E-state index in [1.807, 2.05) is 23.1 Å². The number of thiophene rings is 1. The van der Waals surface area contributed by atoms with Crippen LogP contribution in [0.4, 0.5) is 17.1 Å². The Balaban J connectivity index is 0.953. The molecule has 4 heteroatoms. The molecule has 14 rings (SSSR count). The molecule has 2 aromatic heterocycles. The number of rotatable bonds is 4. The molecule has 0 atom stereocenters. The summed E-state index contributed by atoms with van der Waals surface area (Å²) in [6.45, 7) is 0. The van der Waals surface area contributed by atoms with Crippen LogP contribution in [0.15, 0.2) is 216 Å². The van der Waals surface area contributed by atoms with E-state index in [0.29, 0.717) is 0 Å². The third-order valence-corrected chi connectivity index (χ3v) is 15.3. The minimum absolute atomic E-state index is 1.15. The average molecular weight is 823 g/mol. The van der Waals surface area contributed by atoms with Crippen molar-refractivity contribution < 1.29 is 0 Å². The van der Waals surface area contributed by atoms with Gasteiger partial charge in [-0.15, -0.1) is 11.3 Å². The smallest absolute Gasteiger partial charge is 0.0602 e. The van der Waals surface area contributed by atoms with E-state index in [2.05, 4.69) is 216 Å². The van der Waals surface area contributed by atoms with Gasteiger partial charge in [-0.05, 0) is 117 Å². The van der Waals surface area contributed by atoms with E-state index in [0.717, 1.165) is 5.69 Å². The zero-order valence-electron chi connectivity index (χ0n) is 33.3. The van der Waals surface area contributed by atoms with Crippen LogP contribution in [0.3, 0.4) is 0 Å². The highest BCUT2D eigenvalue weighted by Crippen LogP contribution is 2.53. The maximum Gasteiger partial charge on any atom is 0.0602 e. The Bertz CT molecular complexity index is 3970. The summed E-state index contributed by atoms with van der Waals surface area (Å²) in [4.78, 5) is 4.93. The summed E-state index contributed by atoms with van der Waals surface area (Å²) in [6.07, 6.45) is 0. The Morgan fingerprint density at radius 3 is 2.00 bits per heavy atom. The Labute approximate surface area is 365 Å².